The molecule has 0 amide bonds. The molecule has 0 aliphatic carbocycles. The van der Waals surface area contributed by atoms with E-state index < -0.39 is 0 Å². The predicted molar refractivity (Wildman–Crippen MR) is 51.3 cm³/mol. The molecule has 14 heavy (non-hydrogen) atoms. The molecule has 0 spiro atoms. The fourth-order valence-corrected chi connectivity index (χ4v) is 1.52. The summed E-state index contributed by atoms with van der Waals surface area (Å²) in [5.41, 5.74) is 5.64. The topological polar surface area (TPSA) is 64.8 Å². The first kappa shape index (κ1) is 11.4. The summed E-state index contributed by atoms with van der Waals surface area (Å²) >= 11 is 0. The van der Waals surface area contributed by atoms with Crippen molar-refractivity contribution in [2.75, 3.05) is 26.8 Å². The van der Waals surface area contributed by atoms with Crippen molar-refractivity contribution in [2.45, 2.75) is 19.4 Å². The van der Waals surface area contributed by atoms with Crippen molar-refractivity contribution in [2.24, 2.45) is 11.7 Å². The number of carbonyl (C=O) groups excluding carboxylic acids is 1. The van der Waals surface area contributed by atoms with Gasteiger partial charge in [-0.1, -0.05) is 0 Å². The van der Waals surface area contributed by atoms with Gasteiger partial charge < -0.3 is 10.5 Å². The summed E-state index contributed by atoms with van der Waals surface area (Å²) in [5.74, 6) is -0.240. The second-order valence-electron chi connectivity index (χ2n) is 3.67. The fourth-order valence-electron chi connectivity index (χ4n) is 1.52. The van der Waals surface area contributed by atoms with Crippen molar-refractivity contribution < 1.29 is 14.4 Å². The molecular formula is C9H18N2O3. The highest BCUT2D eigenvalue weighted by Gasteiger charge is 2.27. The molecule has 5 heteroatoms. The largest absolute Gasteiger partial charge is 0.469 e. The van der Waals surface area contributed by atoms with E-state index in [0.717, 1.165) is 6.42 Å². The van der Waals surface area contributed by atoms with Crippen molar-refractivity contribution in [3.63, 3.8) is 0 Å². The molecular weight excluding hydrogens is 184 g/mol. The molecule has 1 unspecified atom stereocenters. The maximum Gasteiger partial charge on any atom is 0.310 e. The van der Waals surface area contributed by atoms with E-state index in [0.29, 0.717) is 19.7 Å². The van der Waals surface area contributed by atoms with Gasteiger partial charge in [-0.25, -0.2) is 0 Å². The Morgan fingerprint density at radius 3 is 3.07 bits per heavy atom. The van der Waals surface area contributed by atoms with Crippen LogP contribution in [-0.4, -0.2) is 43.9 Å². The van der Waals surface area contributed by atoms with E-state index in [2.05, 4.69) is 0 Å². The van der Waals surface area contributed by atoms with Gasteiger partial charge in [0, 0.05) is 19.1 Å². The first-order chi connectivity index (χ1) is 6.63. The number of methoxy groups -OCH3 is 1. The van der Waals surface area contributed by atoms with E-state index in [-0.39, 0.29) is 17.9 Å². The summed E-state index contributed by atoms with van der Waals surface area (Å²) in [6.07, 6.45) is 0.724. The van der Waals surface area contributed by atoms with E-state index in [1.807, 2.05) is 6.92 Å². The van der Waals surface area contributed by atoms with E-state index in [1.165, 1.54) is 7.11 Å². The predicted octanol–water partition coefficient (Wildman–Crippen LogP) is -0.240. The maximum atomic E-state index is 11.3. The van der Waals surface area contributed by atoms with Crippen molar-refractivity contribution in [1.82, 2.24) is 5.06 Å². The van der Waals surface area contributed by atoms with Crippen LogP contribution in [0.25, 0.3) is 0 Å². The van der Waals surface area contributed by atoms with Crippen LogP contribution in [0.4, 0.5) is 0 Å². The highest BCUT2D eigenvalue weighted by molar-refractivity contribution is 5.72. The summed E-state index contributed by atoms with van der Waals surface area (Å²) in [7, 11) is 1.41. The summed E-state index contributed by atoms with van der Waals surface area (Å²) in [5, 5.41) is 1.75. The van der Waals surface area contributed by atoms with Crippen molar-refractivity contribution in [1.29, 1.82) is 0 Å². The Morgan fingerprint density at radius 2 is 2.50 bits per heavy atom. The van der Waals surface area contributed by atoms with E-state index in [1.54, 1.807) is 5.06 Å². The minimum atomic E-state index is -0.164. The number of hydrogen-bond acceptors (Lipinski definition) is 5. The average Bonchev–Trinajstić information content (AvgIpc) is 2.16. The Bertz CT molecular complexity index is 196. The molecule has 1 aliphatic heterocycles. The van der Waals surface area contributed by atoms with Crippen molar-refractivity contribution in [3.8, 4) is 0 Å². The number of hydroxylamine groups is 2. The number of rotatable bonds is 3. The third-order valence-electron chi connectivity index (χ3n) is 2.19. The zero-order valence-electron chi connectivity index (χ0n) is 8.73. The normalized spacial score (nSPS) is 25.8. The molecule has 82 valence electrons. The molecule has 0 aromatic heterocycles. The molecule has 0 aromatic carbocycles. The molecule has 0 bridgehead atoms. The molecule has 1 aliphatic rings. The molecule has 0 aromatic rings. The van der Waals surface area contributed by atoms with Gasteiger partial charge in [0.25, 0.3) is 0 Å². The second-order valence-corrected chi connectivity index (χ2v) is 3.67. The van der Waals surface area contributed by atoms with Crippen LogP contribution >= 0.6 is 0 Å². The third kappa shape index (κ3) is 3.25. The van der Waals surface area contributed by atoms with Crippen LogP contribution in [0.1, 0.15) is 13.3 Å². The molecule has 0 saturated carbocycles. The van der Waals surface area contributed by atoms with Crippen LogP contribution < -0.4 is 5.73 Å². The second kappa shape index (κ2) is 5.29. The Kier molecular flexibility index (Phi) is 4.31. The Balaban J connectivity index is 2.39. The summed E-state index contributed by atoms with van der Waals surface area (Å²) in [6.45, 7) is 3.69. The number of nitrogens with zero attached hydrogens (tertiary/aromatic N) is 1. The van der Waals surface area contributed by atoms with Crippen LogP contribution in [0.2, 0.25) is 0 Å². The van der Waals surface area contributed by atoms with Gasteiger partial charge >= 0.3 is 5.97 Å². The van der Waals surface area contributed by atoms with Gasteiger partial charge in [0.05, 0.1) is 19.6 Å². The smallest absolute Gasteiger partial charge is 0.310 e. The van der Waals surface area contributed by atoms with Gasteiger partial charge in [-0.2, -0.15) is 5.06 Å². The molecule has 1 rings (SSSR count). The number of hydrogen-bond donors (Lipinski definition) is 1. The van der Waals surface area contributed by atoms with Gasteiger partial charge in [0.1, 0.15) is 0 Å². The van der Waals surface area contributed by atoms with Gasteiger partial charge in [-0.3, -0.25) is 9.63 Å². The lowest BCUT2D eigenvalue weighted by Crippen LogP contribution is -2.44. The molecule has 1 heterocycles. The van der Waals surface area contributed by atoms with Crippen LogP contribution in [-0.2, 0) is 14.4 Å². The first-order valence-corrected chi connectivity index (χ1v) is 4.84. The van der Waals surface area contributed by atoms with Crippen LogP contribution in [0.5, 0.6) is 0 Å². The summed E-state index contributed by atoms with van der Waals surface area (Å²) < 4.78 is 4.69. The molecule has 2 atom stereocenters. The SMILES string of the molecule is COC(=O)C1CCON(C[C@H](C)N)C1. The molecule has 1 saturated heterocycles. The van der Waals surface area contributed by atoms with Gasteiger partial charge in [0.15, 0.2) is 0 Å². The van der Waals surface area contributed by atoms with Crippen molar-refractivity contribution >= 4 is 5.97 Å². The lowest BCUT2D eigenvalue weighted by molar-refractivity contribution is -0.203. The zero-order valence-corrected chi connectivity index (χ0v) is 8.73. The lowest BCUT2D eigenvalue weighted by Gasteiger charge is -2.31. The van der Waals surface area contributed by atoms with Gasteiger partial charge in [-0.15, -0.1) is 0 Å². The van der Waals surface area contributed by atoms with Crippen LogP contribution in [0.15, 0.2) is 0 Å². The minimum absolute atomic E-state index is 0.0476. The number of ether oxygens (including phenoxy) is 1. The minimum Gasteiger partial charge on any atom is -0.469 e. The Hall–Kier alpha value is -0.650. The third-order valence-corrected chi connectivity index (χ3v) is 2.19. The van der Waals surface area contributed by atoms with E-state index >= 15 is 0 Å². The van der Waals surface area contributed by atoms with Gasteiger partial charge in [0.2, 0.25) is 0 Å². The fraction of sp³-hybridized carbons (Fsp3) is 0.889. The molecule has 0 radical (unpaired) electrons. The number of nitrogens with two attached hydrogens (primary N) is 1. The average molecular weight is 202 g/mol. The molecule has 2 N–H and O–H groups in total. The summed E-state index contributed by atoms with van der Waals surface area (Å²) in [6, 6.07) is 0.0476. The van der Waals surface area contributed by atoms with E-state index in [9.17, 15) is 4.79 Å². The molecule has 1 fully saturated rings. The number of esters is 1. The standard InChI is InChI=1S/C9H18N2O3/c1-7(10)5-11-6-8(3-4-14-11)9(12)13-2/h7-8H,3-6,10H2,1-2H3/t7-,8?/m0/s1. The Labute approximate surface area is 84.1 Å². The number of carbonyl (C=O) groups is 1. The highest BCUT2D eigenvalue weighted by Crippen LogP contribution is 2.15. The Morgan fingerprint density at radius 1 is 1.79 bits per heavy atom. The van der Waals surface area contributed by atoms with Gasteiger partial charge in [-0.05, 0) is 13.3 Å². The molecule has 5 nitrogen and oxygen atoms in total. The highest BCUT2D eigenvalue weighted by atomic mass is 16.7. The monoisotopic (exact) mass is 202 g/mol. The van der Waals surface area contributed by atoms with Crippen LogP contribution in [0, 0.1) is 5.92 Å². The van der Waals surface area contributed by atoms with E-state index in [4.69, 9.17) is 15.3 Å². The quantitative estimate of drug-likeness (QED) is 0.640. The zero-order chi connectivity index (χ0) is 10.6. The first-order valence-electron chi connectivity index (χ1n) is 4.84. The van der Waals surface area contributed by atoms with Crippen molar-refractivity contribution in [3.05, 3.63) is 0 Å². The van der Waals surface area contributed by atoms with Crippen LogP contribution in [0.3, 0.4) is 0 Å². The lowest BCUT2D eigenvalue weighted by atomic mass is 10.1. The summed E-state index contributed by atoms with van der Waals surface area (Å²) in [4.78, 5) is 16.6. The maximum absolute atomic E-state index is 11.3.